The van der Waals surface area contributed by atoms with Crippen molar-refractivity contribution in [1.82, 2.24) is 4.90 Å². The van der Waals surface area contributed by atoms with Gasteiger partial charge in [0.15, 0.2) is 0 Å². The summed E-state index contributed by atoms with van der Waals surface area (Å²) >= 11 is 0. The number of amides is 1. The summed E-state index contributed by atoms with van der Waals surface area (Å²) in [6, 6.07) is 0.394. The van der Waals surface area contributed by atoms with Crippen molar-refractivity contribution in [1.29, 1.82) is 0 Å². The van der Waals surface area contributed by atoms with Crippen LogP contribution in [0.5, 0.6) is 0 Å². The Morgan fingerprint density at radius 3 is 2.73 bits per heavy atom. The summed E-state index contributed by atoms with van der Waals surface area (Å²) in [5.74, 6) is 1.64. The third-order valence-corrected chi connectivity index (χ3v) is 10.1. The lowest BCUT2D eigenvalue weighted by atomic mass is 9.43. The summed E-state index contributed by atoms with van der Waals surface area (Å²) in [7, 11) is 2.10. The molecule has 0 aromatic heterocycles. The van der Waals surface area contributed by atoms with Crippen molar-refractivity contribution in [2.75, 3.05) is 7.05 Å². The van der Waals surface area contributed by atoms with Gasteiger partial charge in [0.1, 0.15) is 0 Å². The molecule has 6 atom stereocenters. The van der Waals surface area contributed by atoms with Crippen molar-refractivity contribution in [2.45, 2.75) is 111 Å². The van der Waals surface area contributed by atoms with Crippen LogP contribution in [0.1, 0.15) is 105 Å². The van der Waals surface area contributed by atoms with E-state index in [9.17, 15) is 4.79 Å². The van der Waals surface area contributed by atoms with E-state index in [4.69, 9.17) is 0 Å². The summed E-state index contributed by atoms with van der Waals surface area (Å²) in [6.07, 6.45) is 17.0. The van der Waals surface area contributed by atoms with E-state index in [1.807, 2.05) is 0 Å². The van der Waals surface area contributed by atoms with E-state index in [0.717, 1.165) is 25.2 Å². The first-order chi connectivity index (χ1) is 14.2. The quantitative estimate of drug-likeness (QED) is 0.420. The van der Waals surface area contributed by atoms with Crippen molar-refractivity contribution in [3.05, 3.63) is 23.8 Å². The molecule has 4 rings (SSSR count). The number of rotatable bonds is 6. The highest BCUT2D eigenvalue weighted by atomic mass is 16.2. The van der Waals surface area contributed by atoms with Crippen LogP contribution in [0.3, 0.4) is 0 Å². The molecule has 30 heavy (non-hydrogen) atoms. The fourth-order valence-corrected chi connectivity index (χ4v) is 8.55. The number of nitrogens with zero attached hydrogens (tertiary/aromatic N) is 1. The molecule has 0 aromatic carbocycles. The molecule has 2 bridgehead atoms. The fraction of sp³-hybridized carbons (Fsp3) is 0.821. The highest BCUT2D eigenvalue weighted by Gasteiger charge is 2.62. The van der Waals surface area contributed by atoms with Gasteiger partial charge in [-0.05, 0) is 80.5 Å². The lowest BCUT2D eigenvalue weighted by Gasteiger charge is -2.61. The van der Waals surface area contributed by atoms with E-state index >= 15 is 0 Å². The maximum Gasteiger partial charge on any atom is 0.228 e. The van der Waals surface area contributed by atoms with Gasteiger partial charge in [0, 0.05) is 13.1 Å². The standard InChI is InChI=1S/C28H45NO/c1-7-9-11-22(8-2)29(6)25(30)27(5)16-10-15-26(4)23(27)14-17-28-18-20(3)21(19-28)12-13-24(26)28/h13,21-23H,3,7-12,14-19H2,1-2,4-6H3. The van der Waals surface area contributed by atoms with Gasteiger partial charge >= 0.3 is 0 Å². The van der Waals surface area contributed by atoms with E-state index in [1.54, 1.807) is 5.57 Å². The summed E-state index contributed by atoms with van der Waals surface area (Å²) in [4.78, 5) is 16.2. The monoisotopic (exact) mass is 411 g/mol. The van der Waals surface area contributed by atoms with E-state index in [-0.39, 0.29) is 10.8 Å². The Kier molecular flexibility index (Phi) is 5.78. The van der Waals surface area contributed by atoms with Gasteiger partial charge in [0.25, 0.3) is 0 Å². The molecule has 168 valence electrons. The molecule has 0 N–H and O–H groups in total. The second-order valence-electron chi connectivity index (χ2n) is 11.8. The number of carbonyl (C=O) groups excluding carboxylic acids is 1. The molecule has 3 saturated carbocycles. The molecule has 2 nitrogen and oxygen atoms in total. The number of hydrogen-bond acceptors (Lipinski definition) is 1. The molecular weight excluding hydrogens is 366 g/mol. The molecule has 1 spiro atoms. The van der Waals surface area contributed by atoms with Crippen LogP contribution >= 0.6 is 0 Å². The molecule has 4 aliphatic rings. The van der Waals surface area contributed by atoms with Crippen LogP contribution in [-0.4, -0.2) is 23.9 Å². The number of carbonyl (C=O) groups is 1. The third kappa shape index (κ3) is 3.15. The number of hydrogen-bond donors (Lipinski definition) is 0. The van der Waals surface area contributed by atoms with Gasteiger partial charge in [-0.15, -0.1) is 0 Å². The Labute approximate surface area is 185 Å². The Morgan fingerprint density at radius 1 is 1.27 bits per heavy atom. The topological polar surface area (TPSA) is 20.3 Å². The zero-order valence-corrected chi connectivity index (χ0v) is 20.4. The van der Waals surface area contributed by atoms with Crippen molar-refractivity contribution in [3.8, 4) is 0 Å². The van der Waals surface area contributed by atoms with Crippen molar-refractivity contribution < 1.29 is 4.79 Å². The second kappa shape index (κ2) is 7.82. The minimum absolute atomic E-state index is 0.197. The molecule has 4 aliphatic carbocycles. The van der Waals surface area contributed by atoms with Gasteiger partial charge in [0.05, 0.1) is 5.41 Å². The van der Waals surface area contributed by atoms with Gasteiger partial charge in [0.2, 0.25) is 5.91 Å². The number of fused-ring (bicyclic) bond motifs is 3. The van der Waals surface area contributed by atoms with Crippen LogP contribution in [0.4, 0.5) is 0 Å². The normalized spacial score (nSPS) is 41.0. The lowest BCUT2D eigenvalue weighted by molar-refractivity contribution is -0.155. The SMILES string of the molecule is C=C1CC23CCC4C(C)(C(=O)N(C)C(CC)CCCC)CCCC4(C)C2=CCC1C3. The molecule has 0 saturated heterocycles. The Hall–Kier alpha value is -1.05. The molecule has 0 radical (unpaired) electrons. The maximum atomic E-state index is 14.0. The van der Waals surface area contributed by atoms with E-state index in [1.165, 1.54) is 63.4 Å². The third-order valence-electron chi connectivity index (χ3n) is 10.1. The minimum atomic E-state index is -0.212. The molecule has 2 heteroatoms. The van der Waals surface area contributed by atoms with E-state index in [0.29, 0.717) is 23.3 Å². The summed E-state index contributed by atoms with van der Waals surface area (Å²) in [5.41, 5.74) is 3.60. The first-order valence-corrected chi connectivity index (χ1v) is 12.9. The van der Waals surface area contributed by atoms with Crippen LogP contribution < -0.4 is 0 Å². The number of unbranched alkanes of at least 4 members (excludes halogenated alkanes) is 1. The van der Waals surface area contributed by atoms with Gasteiger partial charge in [-0.2, -0.15) is 0 Å². The van der Waals surface area contributed by atoms with Crippen LogP contribution in [-0.2, 0) is 4.79 Å². The second-order valence-corrected chi connectivity index (χ2v) is 11.8. The van der Waals surface area contributed by atoms with Crippen LogP contribution in [0, 0.1) is 28.1 Å². The van der Waals surface area contributed by atoms with Gasteiger partial charge in [-0.1, -0.05) is 70.8 Å². The predicted molar refractivity (Wildman–Crippen MR) is 126 cm³/mol. The first-order valence-electron chi connectivity index (χ1n) is 12.9. The maximum absolute atomic E-state index is 14.0. The van der Waals surface area contributed by atoms with E-state index < -0.39 is 0 Å². The summed E-state index contributed by atoms with van der Waals surface area (Å²) in [6.45, 7) is 13.8. The highest BCUT2D eigenvalue weighted by Crippen LogP contribution is 2.70. The molecule has 0 aliphatic heterocycles. The van der Waals surface area contributed by atoms with Crippen LogP contribution in [0.2, 0.25) is 0 Å². The molecule has 0 heterocycles. The molecular formula is C28H45NO. The Morgan fingerprint density at radius 2 is 2.03 bits per heavy atom. The van der Waals surface area contributed by atoms with Gasteiger partial charge < -0.3 is 4.90 Å². The van der Waals surface area contributed by atoms with Crippen LogP contribution in [0.25, 0.3) is 0 Å². The Balaban J connectivity index is 1.63. The highest BCUT2D eigenvalue weighted by molar-refractivity contribution is 5.83. The van der Waals surface area contributed by atoms with Crippen molar-refractivity contribution in [2.24, 2.45) is 28.1 Å². The fourth-order valence-electron chi connectivity index (χ4n) is 8.55. The summed E-state index contributed by atoms with van der Waals surface area (Å²) < 4.78 is 0. The minimum Gasteiger partial charge on any atom is -0.342 e. The largest absolute Gasteiger partial charge is 0.342 e. The number of allylic oxidation sites excluding steroid dienone is 3. The molecule has 6 unspecified atom stereocenters. The average Bonchev–Trinajstić information content (AvgIpc) is 2.95. The van der Waals surface area contributed by atoms with Crippen molar-refractivity contribution >= 4 is 5.91 Å². The van der Waals surface area contributed by atoms with Crippen molar-refractivity contribution in [3.63, 3.8) is 0 Å². The van der Waals surface area contributed by atoms with Gasteiger partial charge in [-0.3, -0.25) is 4.79 Å². The van der Waals surface area contributed by atoms with E-state index in [2.05, 4.69) is 52.3 Å². The zero-order chi connectivity index (χ0) is 21.7. The first kappa shape index (κ1) is 22.2. The van der Waals surface area contributed by atoms with Gasteiger partial charge in [-0.25, -0.2) is 0 Å². The Bertz CT molecular complexity index is 737. The molecule has 1 amide bonds. The molecule has 0 aromatic rings. The lowest BCUT2D eigenvalue weighted by Crippen LogP contribution is -2.57. The molecule has 3 fully saturated rings. The summed E-state index contributed by atoms with van der Waals surface area (Å²) in [5, 5.41) is 0. The smallest absolute Gasteiger partial charge is 0.228 e. The predicted octanol–water partition coefficient (Wildman–Crippen LogP) is 7.30. The zero-order valence-electron chi connectivity index (χ0n) is 20.4. The van der Waals surface area contributed by atoms with Crippen LogP contribution in [0.15, 0.2) is 23.8 Å². The average molecular weight is 412 g/mol.